The van der Waals surface area contributed by atoms with Gasteiger partial charge in [-0.15, -0.1) is 0 Å². The third kappa shape index (κ3) is 2.40. The number of aromatic nitrogens is 2. The minimum atomic E-state index is 0.462. The largest absolute Gasteiger partial charge is 0.497 e. The second kappa shape index (κ2) is 5.39. The summed E-state index contributed by atoms with van der Waals surface area (Å²) in [4.78, 5) is 0. The zero-order chi connectivity index (χ0) is 13.9. The standard InChI is InChI=1S/C16H12ClN2O/c1-20-14-9-7-13(8-10-14)19-15(11-16(17)18-19)12-5-3-2-4-6-12/h3-11H,1H3. The van der Waals surface area contributed by atoms with E-state index in [1.54, 1.807) is 7.11 Å². The van der Waals surface area contributed by atoms with E-state index in [1.165, 1.54) is 0 Å². The van der Waals surface area contributed by atoms with E-state index < -0.39 is 0 Å². The molecule has 3 aromatic rings. The van der Waals surface area contributed by atoms with Gasteiger partial charge in [0.05, 0.1) is 18.5 Å². The normalized spacial score (nSPS) is 10.5. The van der Waals surface area contributed by atoms with E-state index in [0.29, 0.717) is 5.15 Å². The van der Waals surface area contributed by atoms with Crippen LogP contribution in [0.2, 0.25) is 5.15 Å². The second-order valence-electron chi connectivity index (χ2n) is 4.25. The van der Waals surface area contributed by atoms with Crippen LogP contribution in [0.15, 0.2) is 54.6 Å². The Bertz CT molecular complexity index is 705. The highest BCUT2D eigenvalue weighted by atomic mass is 35.5. The predicted octanol–water partition coefficient (Wildman–Crippen LogP) is 4.00. The Morgan fingerprint density at radius 1 is 1.10 bits per heavy atom. The van der Waals surface area contributed by atoms with Crippen molar-refractivity contribution in [1.29, 1.82) is 0 Å². The Labute approximate surface area is 122 Å². The highest BCUT2D eigenvalue weighted by Crippen LogP contribution is 2.26. The van der Waals surface area contributed by atoms with Crippen LogP contribution in [0.5, 0.6) is 5.75 Å². The fourth-order valence-electron chi connectivity index (χ4n) is 2.04. The van der Waals surface area contributed by atoms with Gasteiger partial charge in [0, 0.05) is 11.6 Å². The van der Waals surface area contributed by atoms with Gasteiger partial charge in [0.25, 0.3) is 0 Å². The van der Waals surface area contributed by atoms with Crippen LogP contribution in [-0.2, 0) is 0 Å². The molecule has 3 nitrogen and oxygen atoms in total. The molecular formula is C16H12ClN2O. The number of hydrogen-bond acceptors (Lipinski definition) is 2. The number of nitrogens with zero attached hydrogens (tertiary/aromatic N) is 2. The molecule has 99 valence electrons. The lowest BCUT2D eigenvalue weighted by Gasteiger charge is -2.08. The van der Waals surface area contributed by atoms with Crippen molar-refractivity contribution in [2.75, 3.05) is 7.11 Å². The van der Waals surface area contributed by atoms with Crippen molar-refractivity contribution in [1.82, 2.24) is 9.78 Å². The summed E-state index contributed by atoms with van der Waals surface area (Å²) in [6.45, 7) is 0. The van der Waals surface area contributed by atoms with Crippen LogP contribution < -0.4 is 4.74 Å². The highest BCUT2D eigenvalue weighted by molar-refractivity contribution is 6.29. The molecule has 0 aliphatic heterocycles. The zero-order valence-corrected chi connectivity index (χ0v) is 11.6. The maximum Gasteiger partial charge on any atom is 0.152 e. The molecule has 0 N–H and O–H groups in total. The molecule has 0 spiro atoms. The van der Waals surface area contributed by atoms with Crippen molar-refractivity contribution >= 4 is 11.6 Å². The Morgan fingerprint density at radius 3 is 2.45 bits per heavy atom. The Kier molecular flexibility index (Phi) is 3.44. The van der Waals surface area contributed by atoms with Gasteiger partial charge in [-0.05, 0) is 30.3 Å². The lowest BCUT2D eigenvalue weighted by atomic mass is 10.1. The van der Waals surface area contributed by atoms with E-state index in [2.05, 4.69) is 11.2 Å². The molecular weight excluding hydrogens is 272 g/mol. The van der Waals surface area contributed by atoms with Crippen molar-refractivity contribution in [2.24, 2.45) is 0 Å². The maximum atomic E-state index is 6.06. The quantitative estimate of drug-likeness (QED) is 0.726. The summed E-state index contributed by atoms with van der Waals surface area (Å²) in [6, 6.07) is 20.2. The molecule has 1 aromatic heterocycles. The van der Waals surface area contributed by atoms with E-state index in [9.17, 15) is 0 Å². The summed E-state index contributed by atoms with van der Waals surface area (Å²) in [6.07, 6.45) is 0. The summed E-state index contributed by atoms with van der Waals surface area (Å²) in [5, 5.41) is 4.81. The van der Waals surface area contributed by atoms with E-state index >= 15 is 0 Å². The minimum absolute atomic E-state index is 0.462. The topological polar surface area (TPSA) is 27.1 Å². The predicted molar refractivity (Wildman–Crippen MR) is 79.4 cm³/mol. The Hall–Kier alpha value is -2.26. The Morgan fingerprint density at radius 2 is 1.80 bits per heavy atom. The summed E-state index contributed by atoms with van der Waals surface area (Å²) >= 11 is 6.06. The van der Waals surface area contributed by atoms with Gasteiger partial charge in [-0.1, -0.05) is 35.9 Å². The van der Waals surface area contributed by atoms with Gasteiger partial charge in [0.15, 0.2) is 5.15 Å². The molecule has 1 radical (unpaired) electrons. The van der Waals surface area contributed by atoms with Gasteiger partial charge in [-0.2, -0.15) is 5.10 Å². The molecule has 0 atom stereocenters. The fourth-order valence-corrected chi connectivity index (χ4v) is 2.21. The van der Waals surface area contributed by atoms with E-state index in [1.807, 2.05) is 59.3 Å². The van der Waals surface area contributed by atoms with Gasteiger partial charge in [-0.3, -0.25) is 0 Å². The molecule has 20 heavy (non-hydrogen) atoms. The average molecular weight is 284 g/mol. The number of rotatable bonds is 3. The maximum absolute atomic E-state index is 6.06. The van der Waals surface area contributed by atoms with Crippen LogP contribution in [0.3, 0.4) is 0 Å². The summed E-state index contributed by atoms with van der Waals surface area (Å²) in [5.74, 6) is 0.808. The zero-order valence-electron chi connectivity index (χ0n) is 10.9. The molecule has 0 aliphatic carbocycles. The molecule has 2 aromatic carbocycles. The minimum Gasteiger partial charge on any atom is -0.497 e. The molecule has 0 bridgehead atoms. The number of benzene rings is 2. The van der Waals surface area contributed by atoms with Crippen LogP contribution in [-0.4, -0.2) is 16.9 Å². The third-order valence-electron chi connectivity index (χ3n) is 3.01. The smallest absolute Gasteiger partial charge is 0.152 e. The fraction of sp³-hybridized carbons (Fsp3) is 0.0625. The van der Waals surface area contributed by atoms with Gasteiger partial charge in [0.2, 0.25) is 0 Å². The average Bonchev–Trinajstić information content (AvgIpc) is 2.90. The van der Waals surface area contributed by atoms with Crippen molar-refractivity contribution in [2.45, 2.75) is 0 Å². The lowest BCUT2D eigenvalue weighted by Crippen LogP contribution is -1.98. The number of methoxy groups -OCH3 is 1. The van der Waals surface area contributed by atoms with Gasteiger partial charge >= 0.3 is 0 Å². The van der Waals surface area contributed by atoms with E-state index in [-0.39, 0.29) is 0 Å². The highest BCUT2D eigenvalue weighted by Gasteiger charge is 2.10. The summed E-state index contributed by atoms with van der Waals surface area (Å²) in [7, 11) is 1.64. The van der Waals surface area contributed by atoms with Crippen LogP contribution in [0.4, 0.5) is 0 Å². The molecule has 0 amide bonds. The van der Waals surface area contributed by atoms with Crippen LogP contribution in [0, 0.1) is 6.07 Å². The lowest BCUT2D eigenvalue weighted by molar-refractivity contribution is 0.414. The van der Waals surface area contributed by atoms with E-state index in [4.69, 9.17) is 16.3 Å². The number of halogens is 1. The molecule has 0 unspecified atom stereocenters. The van der Waals surface area contributed by atoms with Crippen molar-refractivity contribution in [3.8, 4) is 22.7 Å². The van der Waals surface area contributed by atoms with E-state index in [0.717, 1.165) is 22.7 Å². The van der Waals surface area contributed by atoms with Crippen LogP contribution >= 0.6 is 11.6 Å². The third-order valence-corrected chi connectivity index (χ3v) is 3.20. The molecule has 1 heterocycles. The van der Waals surface area contributed by atoms with Crippen molar-refractivity contribution in [3.05, 3.63) is 65.8 Å². The first-order valence-corrected chi connectivity index (χ1v) is 6.52. The number of ether oxygens (including phenoxy) is 1. The summed E-state index contributed by atoms with van der Waals surface area (Å²) < 4.78 is 6.98. The van der Waals surface area contributed by atoms with Crippen LogP contribution in [0.25, 0.3) is 16.9 Å². The monoisotopic (exact) mass is 283 g/mol. The second-order valence-corrected chi connectivity index (χ2v) is 4.64. The first kappa shape index (κ1) is 12.8. The first-order valence-electron chi connectivity index (χ1n) is 6.14. The molecule has 0 saturated carbocycles. The van der Waals surface area contributed by atoms with Gasteiger partial charge < -0.3 is 4.74 Å². The first-order chi connectivity index (χ1) is 9.78. The van der Waals surface area contributed by atoms with Gasteiger partial charge in [-0.25, -0.2) is 4.68 Å². The van der Waals surface area contributed by atoms with Crippen LogP contribution in [0.1, 0.15) is 0 Å². The molecule has 0 fully saturated rings. The molecule has 3 rings (SSSR count). The summed E-state index contributed by atoms with van der Waals surface area (Å²) in [5.41, 5.74) is 2.91. The number of hydrogen-bond donors (Lipinski definition) is 0. The SMILES string of the molecule is COc1ccc(-n2nc(Cl)cc2-c2cc[c]cc2)cc1. The molecule has 4 heteroatoms. The molecule has 0 saturated heterocycles. The molecule has 0 aliphatic rings. The Balaban J connectivity index is 2.09. The van der Waals surface area contributed by atoms with Crippen molar-refractivity contribution < 1.29 is 4.74 Å². The van der Waals surface area contributed by atoms with Gasteiger partial charge in [0.1, 0.15) is 5.75 Å². The van der Waals surface area contributed by atoms with Crippen molar-refractivity contribution in [3.63, 3.8) is 0 Å².